The minimum atomic E-state index is -4.86. The first-order valence-electron chi connectivity index (χ1n) is 7.53. The van der Waals surface area contributed by atoms with Crippen LogP contribution < -0.4 is 10.6 Å². The zero-order valence-corrected chi connectivity index (χ0v) is 14.0. The lowest BCUT2D eigenvalue weighted by molar-refractivity contribution is -0.124. The molecule has 0 aromatic carbocycles. The minimum Gasteiger partial charge on any atom is -0.309 e. The third-order valence-corrected chi connectivity index (χ3v) is 4.31. The molecule has 3 rings (SSSR count). The average Bonchev–Trinajstić information content (AvgIpc) is 2.79. The van der Waals surface area contributed by atoms with Crippen LogP contribution in [-0.2, 0) is 19.5 Å². The van der Waals surface area contributed by atoms with Crippen LogP contribution in [0.1, 0.15) is 12.8 Å². The molecule has 2 aliphatic rings. The molecule has 0 unspecified atom stereocenters. The number of hydrogen-bond donors (Lipinski definition) is 3. The number of rotatable bonds is 4. The quantitative estimate of drug-likeness (QED) is 0.598. The zero-order chi connectivity index (χ0) is 18.9. The Morgan fingerprint density at radius 3 is 2.77 bits per heavy atom. The topological polar surface area (TPSA) is 158 Å². The molecule has 2 saturated heterocycles. The zero-order valence-electron chi connectivity index (χ0n) is 13.2. The van der Waals surface area contributed by atoms with Crippen LogP contribution in [0.25, 0.3) is 0 Å². The molecule has 5 amide bonds. The second-order valence-corrected chi connectivity index (χ2v) is 6.70. The summed E-state index contributed by atoms with van der Waals surface area (Å²) in [4.78, 5) is 41.3. The molecule has 2 atom stereocenters. The van der Waals surface area contributed by atoms with E-state index >= 15 is 0 Å². The van der Waals surface area contributed by atoms with Crippen molar-refractivity contribution in [2.45, 2.75) is 24.9 Å². The molecule has 1 aromatic heterocycles. The summed E-state index contributed by atoms with van der Waals surface area (Å²) in [6.45, 7) is 0.0384. The maximum absolute atomic E-state index is 12.3. The third kappa shape index (κ3) is 3.89. The van der Waals surface area contributed by atoms with Crippen molar-refractivity contribution in [2.24, 2.45) is 0 Å². The number of piperidine rings is 1. The highest BCUT2D eigenvalue weighted by atomic mass is 32.3. The summed E-state index contributed by atoms with van der Waals surface area (Å²) in [5.74, 6) is -0.716. The Labute approximate surface area is 148 Å². The van der Waals surface area contributed by atoms with Gasteiger partial charge >= 0.3 is 22.5 Å². The first kappa shape index (κ1) is 18.0. The van der Waals surface area contributed by atoms with Gasteiger partial charge in [-0.2, -0.15) is 13.5 Å². The van der Waals surface area contributed by atoms with E-state index < -0.39 is 40.5 Å². The normalized spacial score (nSPS) is 22.3. The van der Waals surface area contributed by atoms with Gasteiger partial charge in [-0.1, -0.05) is 0 Å². The number of hydrogen-bond acceptors (Lipinski definition) is 7. The van der Waals surface area contributed by atoms with Crippen molar-refractivity contribution < 1.29 is 31.6 Å². The molecule has 12 nitrogen and oxygen atoms in total. The van der Waals surface area contributed by atoms with Gasteiger partial charge in [-0.25, -0.2) is 9.59 Å². The van der Waals surface area contributed by atoms with Crippen LogP contribution in [0.5, 0.6) is 0 Å². The Bertz CT molecular complexity index is 831. The van der Waals surface area contributed by atoms with Crippen molar-refractivity contribution in [2.75, 3.05) is 11.9 Å². The number of carbonyl (C=O) groups excluding carboxylic acids is 3. The Balaban J connectivity index is 1.62. The number of hydroxylamine groups is 2. The predicted octanol–water partition coefficient (Wildman–Crippen LogP) is -0.267. The SMILES string of the molecule is O=C(NC(=O)[C@@H]1CC[C@@H]2CN1C(=O)N2OS(=O)(=O)O)Nc1cccnc1. The molecule has 2 fully saturated rings. The first-order chi connectivity index (χ1) is 12.2. The number of pyridine rings is 1. The number of fused-ring (bicyclic) bond motifs is 2. The van der Waals surface area contributed by atoms with Gasteiger partial charge < -0.3 is 10.2 Å². The Kier molecular flexibility index (Phi) is 4.76. The maximum Gasteiger partial charge on any atom is 0.418 e. The number of amides is 5. The Morgan fingerprint density at radius 1 is 1.35 bits per heavy atom. The van der Waals surface area contributed by atoms with Gasteiger partial charge in [0.05, 0.1) is 17.9 Å². The van der Waals surface area contributed by atoms with E-state index in [1.165, 1.54) is 12.4 Å². The van der Waals surface area contributed by atoms with Gasteiger partial charge in [-0.3, -0.25) is 19.6 Å². The molecule has 140 valence electrons. The highest BCUT2D eigenvalue weighted by Crippen LogP contribution is 2.30. The Morgan fingerprint density at radius 2 is 2.12 bits per heavy atom. The van der Waals surface area contributed by atoms with Crippen molar-refractivity contribution in [3.8, 4) is 0 Å². The number of nitrogens with one attached hydrogen (secondary N) is 2. The smallest absolute Gasteiger partial charge is 0.309 e. The molecule has 3 N–H and O–H groups in total. The van der Waals surface area contributed by atoms with Gasteiger partial charge in [0.25, 0.3) is 5.91 Å². The summed E-state index contributed by atoms with van der Waals surface area (Å²) >= 11 is 0. The van der Waals surface area contributed by atoms with Crippen molar-refractivity contribution in [3.05, 3.63) is 24.5 Å². The van der Waals surface area contributed by atoms with E-state index in [-0.39, 0.29) is 19.4 Å². The summed E-state index contributed by atoms with van der Waals surface area (Å²) in [6.07, 6.45) is 3.38. The van der Waals surface area contributed by atoms with E-state index in [0.29, 0.717) is 10.8 Å². The number of urea groups is 2. The second-order valence-electron chi connectivity index (χ2n) is 5.70. The highest BCUT2D eigenvalue weighted by Gasteiger charge is 2.49. The van der Waals surface area contributed by atoms with Crippen LogP contribution in [0.4, 0.5) is 15.3 Å². The summed E-state index contributed by atoms with van der Waals surface area (Å²) in [5, 5.41) is 5.08. The predicted molar refractivity (Wildman–Crippen MR) is 84.8 cm³/mol. The van der Waals surface area contributed by atoms with E-state index in [4.69, 9.17) is 4.55 Å². The van der Waals surface area contributed by atoms with Gasteiger partial charge in [-0.05, 0) is 25.0 Å². The summed E-state index contributed by atoms with van der Waals surface area (Å²) in [5.41, 5.74) is 0.381. The van der Waals surface area contributed by atoms with Crippen molar-refractivity contribution in [3.63, 3.8) is 0 Å². The maximum atomic E-state index is 12.3. The van der Waals surface area contributed by atoms with Crippen molar-refractivity contribution in [1.82, 2.24) is 20.3 Å². The number of aromatic nitrogens is 1. The van der Waals surface area contributed by atoms with Crippen LogP contribution in [0.3, 0.4) is 0 Å². The number of anilines is 1. The molecule has 26 heavy (non-hydrogen) atoms. The molecule has 3 heterocycles. The number of nitrogens with zero attached hydrogens (tertiary/aromatic N) is 3. The number of imide groups is 1. The van der Waals surface area contributed by atoms with Crippen LogP contribution in [-0.4, -0.2) is 64.5 Å². The standard InChI is InChI=1S/C13H15N5O7S/c19-11(16-12(20)15-8-2-1-5-14-6-8)10-4-3-9-7-17(10)13(21)18(9)25-26(22,23)24/h1-2,5-6,9-10H,3-4,7H2,(H,22,23,24)(H2,15,16,19,20)/t9-,10+/m1/s1. The van der Waals surface area contributed by atoms with Gasteiger partial charge in [0.15, 0.2) is 0 Å². The third-order valence-electron chi connectivity index (χ3n) is 3.96. The molecule has 2 aliphatic heterocycles. The fourth-order valence-electron chi connectivity index (χ4n) is 2.90. The van der Waals surface area contributed by atoms with E-state index in [0.717, 1.165) is 4.90 Å². The average molecular weight is 385 g/mol. The fraction of sp³-hybridized carbons (Fsp3) is 0.385. The van der Waals surface area contributed by atoms with Crippen LogP contribution in [0.2, 0.25) is 0 Å². The molecule has 0 aliphatic carbocycles. The molecular weight excluding hydrogens is 370 g/mol. The number of carbonyl (C=O) groups is 3. The summed E-state index contributed by atoms with van der Waals surface area (Å²) in [6, 6.07) is -0.0609. The lowest BCUT2D eigenvalue weighted by Gasteiger charge is -2.28. The lowest BCUT2D eigenvalue weighted by Crippen LogP contribution is -2.51. The second kappa shape index (κ2) is 6.86. The van der Waals surface area contributed by atoms with Crippen LogP contribution in [0, 0.1) is 0 Å². The van der Waals surface area contributed by atoms with Gasteiger partial charge in [0, 0.05) is 12.7 Å². The monoisotopic (exact) mass is 385 g/mol. The molecule has 1 aromatic rings. The molecule has 0 spiro atoms. The molecule has 13 heteroatoms. The molecule has 2 bridgehead atoms. The largest absolute Gasteiger partial charge is 0.418 e. The van der Waals surface area contributed by atoms with E-state index in [1.54, 1.807) is 12.1 Å². The van der Waals surface area contributed by atoms with Crippen molar-refractivity contribution >= 4 is 34.1 Å². The molecular formula is C13H15N5O7S. The van der Waals surface area contributed by atoms with Gasteiger partial charge in [0.1, 0.15) is 6.04 Å². The Hall–Kier alpha value is -2.77. The molecule has 0 saturated carbocycles. The van der Waals surface area contributed by atoms with Gasteiger partial charge in [-0.15, -0.1) is 4.28 Å². The fourth-order valence-corrected chi connectivity index (χ4v) is 3.29. The van der Waals surface area contributed by atoms with E-state index in [2.05, 4.69) is 19.9 Å². The van der Waals surface area contributed by atoms with E-state index in [1.807, 2.05) is 0 Å². The van der Waals surface area contributed by atoms with Crippen LogP contribution >= 0.6 is 0 Å². The van der Waals surface area contributed by atoms with Crippen LogP contribution in [0.15, 0.2) is 24.5 Å². The minimum absolute atomic E-state index is 0.0384. The highest BCUT2D eigenvalue weighted by molar-refractivity contribution is 7.80. The molecule has 0 radical (unpaired) electrons. The lowest BCUT2D eigenvalue weighted by atomic mass is 10.0. The van der Waals surface area contributed by atoms with Crippen molar-refractivity contribution in [1.29, 1.82) is 0 Å². The summed E-state index contributed by atoms with van der Waals surface area (Å²) < 4.78 is 34.7. The van der Waals surface area contributed by atoms with Gasteiger partial charge in [0.2, 0.25) is 0 Å². The summed E-state index contributed by atoms with van der Waals surface area (Å²) in [7, 11) is -4.86. The van der Waals surface area contributed by atoms with E-state index in [9.17, 15) is 22.8 Å². The first-order valence-corrected chi connectivity index (χ1v) is 8.90.